The molecule has 0 aliphatic carbocycles. The molecule has 0 aliphatic heterocycles. The number of thioether (sulfide) groups is 1. The van der Waals surface area contributed by atoms with Crippen LogP contribution in [-0.2, 0) is 4.79 Å². The second-order valence-electron chi connectivity index (χ2n) is 4.13. The molecule has 3 nitrogen and oxygen atoms in total. The average Bonchev–Trinajstić information content (AvgIpc) is 2.27. The highest BCUT2D eigenvalue weighted by Gasteiger charge is 2.12. The van der Waals surface area contributed by atoms with E-state index in [-0.39, 0.29) is 0 Å². The Labute approximate surface area is 103 Å². The number of aliphatic hydroxyl groups excluding tert-OH is 1. The van der Waals surface area contributed by atoms with Gasteiger partial charge in [0.1, 0.15) is 0 Å². The summed E-state index contributed by atoms with van der Waals surface area (Å²) in [5.74, 6) is 1.45. The van der Waals surface area contributed by atoms with Gasteiger partial charge in [0.15, 0.2) is 6.10 Å². The van der Waals surface area contributed by atoms with Gasteiger partial charge in [-0.2, -0.15) is 11.8 Å². The average molecular weight is 248 g/mol. The lowest BCUT2D eigenvalue weighted by Crippen LogP contribution is -2.20. The summed E-state index contributed by atoms with van der Waals surface area (Å²) < 4.78 is 0. The van der Waals surface area contributed by atoms with Crippen LogP contribution in [0.1, 0.15) is 46.0 Å². The minimum atomic E-state index is -1.19. The van der Waals surface area contributed by atoms with Crippen molar-refractivity contribution in [2.75, 3.05) is 11.5 Å². The molecule has 0 aromatic carbocycles. The molecule has 2 unspecified atom stereocenters. The van der Waals surface area contributed by atoms with E-state index >= 15 is 0 Å². The number of carboxylic acids is 1. The van der Waals surface area contributed by atoms with E-state index in [1.165, 1.54) is 25.7 Å². The Morgan fingerprint density at radius 1 is 1.31 bits per heavy atom. The summed E-state index contributed by atoms with van der Waals surface area (Å²) in [5, 5.41) is 17.6. The third-order valence-electron chi connectivity index (χ3n) is 2.72. The lowest BCUT2D eigenvalue weighted by molar-refractivity contribution is -0.146. The molecule has 0 rings (SSSR count). The molecule has 0 aliphatic rings. The van der Waals surface area contributed by atoms with Crippen molar-refractivity contribution in [3.8, 4) is 0 Å². The van der Waals surface area contributed by atoms with Gasteiger partial charge in [-0.25, -0.2) is 4.79 Å². The Bertz CT molecular complexity index is 185. The smallest absolute Gasteiger partial charge is 0.332 e. The lowest BCUT2D eigenvalue weighted by Gasteiger charge is -2.14. The van der Waals surface area contributed by atoms with Gasteiger partial charge in [0.2, 0.25) is 0 Å². The van der Waals surface area contributed by atoms with Crippen molar-refractivity contribution in [2.24, 2.45) is 5.92 Å². The van der Waals surface area contributed by atoms with E-state index in [0.717, 1.165) is 17.4 Å². The van der Waals surface area contributed by atoms with Crippen LogP contribution in [0.15, 0.2) is 0 Å². The normalized spacial score (nSPS) is 14.7. The van der Waals surface area contributed by atoms with Crippen molar-refractivity contribution >= 4 is 17.7 Å². The molecular formula is C12H24O3S. The minimum absolute atomic E-state index is 0.351. The number of unbranched alkanes of at least 4 members (excludes halogenated alkanes) is 1. The van der Waals surface area contributed by atoms with Crippen molar-refractivity contribution in [1.29, 1.82) is 0 Å². The summed E-state index contributed by atoms with van der Waals surface area (Å²) in [6.07, 6.45) is 4.12. The van der Waals surface area contributed by atoms with Gasteiger partial charge >= 0.3 is 5.97 Å². The van der Waals surface area contributed by atoms with Crippen LogP contribution in [0.5, 0.6) is 0 Å². The SMILES string of the molecule is CCCCC(CC)CSCCC(O)C(=O)O. The Kier molecular flexibility index (Phi) is 9.83. The summed E-state index contributed by atoms with van der Waals surface area (Å²) in [6, 6.07) is 0. The Morgan fingerprint density at radius 3 is 2.50 bits per heavy atom. The van der Waals surface area contributed by atoms with Gasteiger partial charge in [0.25, 0.3) is 0 Å². The van der Waals surface area contributed by atoms with Gasteiger partial charge in [0.05, 0.1) is 0 Å². The fraction of sp³-hybridized carbons (Fsp3) is 0.917. The van der Waals surface area contributed by atoms with Crippen LogP contribution >= 0.6 is 11.8 Å². The van der Waals surface area contributed by atoms with Gasteiger partial charge < -0.3 is 10.2 Å². The molecule has 96 valence electrons. The maximum atomic E-state index is 10.4. The molecule has 4 heteroatoms. The predicted molar refractivity (Wildman–Crippen MR) is 68.9 cm³/mol. The predicted octanol–water partition coefficient (Wildman–Crippen LogP) is 2.77. The Balaban J connectivity index is 3.51. The topological polar surface area (TPSA) is 57.5 Å². The van der Waals surface area contributed by atoms with Gasteiger partial charge in [-0.05, 0) is 30.3 Å². The summed E-state index contributed by atoms with van der Waals surface area (Å²) >= 11 is 1.76. The highest BCUT2D eigenvalue weighted by Crippen LogP contribution is 2.19. The van der Waals surface area contributed by atoms with E-state index in [2.05, 4.69) is 13.8 Å². The zero-order valence-corrected chi connectivity index (χ0v) is 11.1. The number of hydrogen-bond acceptors (Lipinski definition) is 3. The fourth-order valence-electron chi connectivity index (χ4n) is 1.47. The first-order valence-electron chi connectivity index (χ1n) is 6.10. The van der Waals surface area contributed by atoms with E-state index < -0.39 is 12.1 Å². The first kappa shape index (κ1) is 15.8. The summed E-state index contributed by atoms with van der Waals surface area (Å²) in [7, 11) is 0. The van der Waals surface area contributed by atoms with E-state index in [1.807, 2.05) is 0 Å². The lowest BCUT2D eigenvalue weighted by atomic mass is 10.0. The van der Waals surface area contributed by atoms with Crippen LogP contribution < -0.4 is 0 Å². The molecule has 2 N–H and O–H groups in total. The fourth-order valence-corrected chi connectivity index (χ4v) is 2.76. The van der Waals surface area contributed by atoms with Crippen molar-refractivity contribution < 1.29 is 15.0 Å². The molecule has 16 heavy (non-hydrogen) atoms. The monoisotopic (exact) mass is 248 g/mol. The van der Waals surface area contributed by atoms with Gasteiger partial charge in [-0.3, -0.25) is 0 Å². The van der Waals surface area contributed by atoms with Crippen LogP contribution in [0.3, 0.4) is 0 Å². The molecule has 0 spiro atoms. The van der Waals surface area contributed by atoms with Crippen LogP contribution in [0.2, 0.25) is 0 Å². The van der Waals surface area contributed by atoms with Crippen LogP contribution in [0.25, 0.3) is 0 Å². The summed E-state index contributed by atoms with van der Waals surface area (Å²) in [6.45, 7) is 4.40. The van der Waals surface area contributed by atoms with Gasteiger partial charge in [0, 0.05) is 0 Å². The molecule has 0 aromatic rings. The Hall–Kier alpha value is -0.220. The van der Waals surface area contributed by atoms with Crippen LogP contribution in [0.4, 0.5) is 0 Å². The van der Waals surface area contributed by atoms with E-state index in [0.29, 0.717) is 6.42 Å². The van der Waals surface area contributed by atoms with Crippen LogP contribution in [0, 0.1) is 5.92 Å². The molecule has 0 saturated carbocycles. The standard InChI is InChI=1S/C12H24O3S/c1-3-5-6-10(4-2)9-16-8-7-11(13)12(14)15/h10-11,13H,3-9H2,1-2H3,(H,14,15). The number of rotatable bonds is 10. The van der Waals surface area contributed by atoms with Crippen molar-refractivity contribution in [3.63, 3.8) is 0 Å². The largest absolute Gasteiger partial charge is 0.479 e. The zero-order valence-electron chi connectivity index (χ0n) is 10.3. The molecular weight excluding hydrogens is 224 g/mol. The number of carboxylic acid groups (broad SMARTS) is 1. The van der Waals surface area contributed by atoms with Gasteiger partial charge in [-0.15, -0.1) is 0 Å². The molecule has 0 amide bonds. The third-order valence-corrected chi connectivity index (χ3v) is 3.95. The molecule has 0 fully saturated rings. The molecule has 2 atom stereocenters. The number of carbonyl (C=O) groups is 1. The van der Waals surface area contributed by atoms with Crippen LogP contribution in [-0.4, -0.2) is 33.8 Å². The maximum Gasteiger partial charge on any atom is 0.332 e. The number of hydrogen-bond donors (Lipinski definition) is 2. The highest BCUT2D eigenvalue weighted by molar-refractivity contribution is 7.99. The molecule has 0 heterocycles. The summed E-state index contributed by atoms with van der Waals surface area (Å²) in [5.41, 5.74) is 0. The van der Waals surface area contributed by atoms with Gasteiger partial charge in [-0.1, -0.05) is 33.1 Å². The molecule has 0 aromatic heterocycles. The molecule has 0 radical (unpaired) electrons. The first-order valence-corrected chi connectivity index (χ1v) is 7.25. The first-order chi connectivity index (χ1) is 7.61. The molecule has 0 bridgehead atoms. The highest BCUT2D eigenvalue weighted by atomic mass is 32.2. The number of aliphatic carboxylic acids is 1. The second-order valence-corrected chi connectivity index (χ2v) is 5.28. The minimum Gasteiger partial charge on any atom is -0.479 e. The van der Waals surface area contributed by atoms with Crippen molar-refractivity contribution in [1.82, 2.24) is 0 Å². The van der Waals surface area contributed by atoms with E-state index in [4.69, 9.17) is 10.2 Å². The van der Waals surface area contributed by atoms with E-state index in [9.17, 15) is 4.79 Å². The quantitative estimate of drug-likeness (QED) is 0.584. The number of aliphatic hydroxyl groups is 1. The maximum absolute atomic E-state index is 10.4. The zero-order chi connectivity index (χ0) is 12.4. The Morgan fingerprint density at radius 2 is 2.00 bits per heavy atom. The second kappa shape index (κ2) is 9.97. The van der Waals surface area contributed by atoms with Crippen molar-refractivity contribution in [3.05, 3.63) is 0 Å². The van der Waals surface area contributed by atoms with E-state index in [1.54, 1.807) is 11.8 Å². The summed E-state index contributed by atoms with van der Waals surface area (Å²) in [4.78, 5) is 10.4. The molecule has 0 saturated heterocycles. The third kappa shape index (κ3) is 7.99. The van der Waals surface area contributed by atoms with Crippen molar-refractivity contribution in [2.45, 2.75) is 52.1 Å².